The molecule has 0 unspecified atom stereocenters. The van der Waals surface area contributed by atoms with Crippen LogP contribution >= 0.6 is 0 Å². The first kappa shape index (κ1) is 11.4. The van der Waals surface area contributed by atoms with Crippen LogP contribution in [-0.4, -0.2) is 4.57 Å². The fourth-order valence-electron chi connectivity index (χ4n) is 3.11. The second-order valence-corrected chi connectivity index (χ2v) is 5.25. The Hall–Kier alpha value is -2.48. The van der Waals surface area contributed by atoms with Crippen molar-refractivity contribution >= 4 is 22.7 Å². The Labute approximate surface area is 118 Å². The summed E-state index contributed by atoms with van der Waals surface area (Å²) in [6, 6.07) is 16.7. The number of hydrogen-bond donors (Lipinski definition) is 1. The normalized spacial score (nSPS) is 13.6. The number of hydrogen-bond acceptors (Lipinski definition) is 1. The summed E-state index contributed by atoms with van der Waals surface area (Å²) in [5.74, 6) is 0. The van der Waals surface area contributed by atoms with Crippen molar-refractivity contribution in [2.75, 3.05) is 5.73 Å². The predicted octanol–water partition coefficient (Wildman–Crippen LogP) is 4.17. The third kappa shape index (κ3) is 1.58. The molecule has 0 saturated heterocycles. The number of para-hydroxylation sites is 1. The lowest BCUT2D eigenvalue weighted by molar-refractivity contribution is 0.967. The van der Waals surface area contributed by atoms with Gasteiger partial charge in [-0.25, -0.2) is 0 Å². The topological polar surface area (TPSA) is 30.9 Å². The smallest absolute Gasteiger partial charge is 0.0539 e. The van der Waals surface area contributed by atoms with Crippen LogP contribution in [0.5, 0.6) is 0 Å². The molecule has 98 valence electrons. The molecule has 4 rings (SSSR count). The highest BCUT2D eigenvalue weighted by atomic mass is 15.0. The van der Waals surface area contributed by atoms with E-state index in [0.717, 1.165) is 18.5 Å². The Kier molecular flexibility index (Phi) is 2.43. The van der Waals surface area contributed by atoms with E-state index in [0.29, 0.717) is 0 Å². The summed E-state index contributed by atoms with van der Waals surface area (Å²) >= 11 is 0. The highest BCUT2D eigenvalue weighted by Crippen LogP contribution is 2.34. The SMILES string of the molecule is Nc1ccc2c(c1)c1c(n2-c2ccccc2)C=CCC1. The molecule has 2 heteroatoms. The molecule has 2 nitrogen and oxygen atoms in total. The largest absolute Gasteiger partial charge is 0.399 e. The Balaban J connectivity index is 2.13. The number of anilines is 1. The van der Waals surface area contributed by atoms with Crippen LogP contribution in [0.1, 0.15) is 17.7 Å². The van der Waals surface area contributed by atoms with Gasteiger partial charge in [0.05, 0.1) is 5.52 Å². The zero-order chi connectivity index (χ0) is 13.5. The van der Waals surface area contributed by atoms with Gasteiger partial charge in [-0.15, -0.1) is 0 Å². The molecule has 0 bridgehead atoms. The minimum Gasteiger partial charge on any atom is -0.399 e. The molecule has 0 spiro atoms. The average Bonchev–Trinajstić information content (AvgIpc) is 2.82. The quantitative estimate of drug-likeness (QED) is 0.654. The maximum Gasteiger partial charge on any atom is 0.0539 e. The van der Waals surface area contributed by atoms with Crippen molar-refractivity contribution in [1.29, 1.82) is 0 Å². The summed E-state index contributed by atoms with van der Waals surface area (Å²) in [6.45, 7) is 0. The number of fused-ring (bicyclic) bond motifs is 3. The van der Waals surface area contributed by atoms with E-state index >= 15 is 0 Å². The maximum atomic E-state index is 5.98. The minimum absolute atomic E-state index is 0.833. The van der Waals surface area contributed by atoms with Gasteiger partial charge in [0.1, 0.15) is 0 Å². The number of nitrogens with two attached hydrogens (primary N) is 1. The van der Waals surface area contributed by atoms with E-state index < -0.39 is 0 Å². The third-order valence-electron chi connectivity index (χ3n) is 3.99. The first-order valence-electron chi connectivity index (χ1n) is 6.99. The molecular weight excluding hydrogens is 244 g/mol. The molecule has 0 atom stereocenters. The molecule has 2 aromatic carbocycles. The number of aromatic nitrogens is 1. The van der Waals surface area contributed by atoms with Crippen LogP contribution in [0.2, 0.25) is 0 Å². The van der Waals surface area contributed by atoms with Crippen LogP contribution in [0, 0.1) is 0 Å². The molecule has 0 fully saturated rings. The molecule has 20 heavy (non-hydrogen) atoms. The molecule has 0 amide bonds. The molecule has 2 N–H and O–H groups in total. The second kappa shape index (κ2) is 4.27. The lowest BCUT2D eigenvalue weighted by atomic mass is 10.0. The van der Waals surface area contributed by atoms with Crippen LogP contribution in [-0.2, 0) is 6.42 Å². The van der Waals surface area contributed by atoms with Gasteiger partial charge in [-0.2, -0.15) is 0 Å². The molecule has 1 aliphatic carbocycles. The number of aryl methyl sites for hydroxylation is 1. The van der Waals surface area contributed by atoms with E-state index in [1.54, 1.807) is 0 Å². The van der Waals surface area contributed by atoms with E-state index in [1.165, 1.54) is 27.8 Å². The van der Waals surface area contributed by atoms with Crippen molar-refractivity contribution in [3.8, 4) is 5.69 Å². The molecule has 3 aromatic rings. The van der Waals surface area contributed by atoms with Gasteiger partial charge in [0.2, 0.25) is 0 Å². The van der Waals surface area contributed by atoms with Gasteiger partial charge in [-0.05, 0) is 54.8 Å². The Morgan fingerprint density at radius 2 is 1.85 bits per heavy atom. The first-order chi connectivity index (χ1) is 9.84. The van der Waals surface area contributed by atoms with Gasteiger partial charge in [0, 0.05) is 22.5 Å². The fraction of sp³-hybridized carbons (Fsp3) is 0.111. The number of rotatable bonds is 1. The third-order valence-corrected chi connectivity index (χ3v) is 3.99. The monoisotopic (exact) mass is 260 g/mol. The summed E-state index contributed by atoms with van der Waals surface area (Å²) < 4.78 is 2.33. The van der Waals surface area contributed by atoms with Crippen molar-refractivity contribution in [2.24, 2.45) is 0 Å². The molecular formula is C18H16N2. The van der Waals surface area contributed by atoms with Crippen LogP contribution < -0.4 is 5.73 Å². The zero-order valence-electron chi connectivity index (χ0n) is 11.2. The van der Waals surface area contributed by atoms with Gasteiger partial charge in [-0.1, -0.05) is 24.3 Å². The van der Waals surface area contributed by atoms with Gasteiger partial charge >= 0.3 is 0 Å². The van der Waals surface area contributed by atoms with E-state index in [9.17, 15) is 0 Å². The highest BCUT2D eigenvalue weighted by molar-refractivity contribution is 5.92. The van der Waals surface area contributed by atoms with Crippen molar-refractivity contribution in [1.82, 2.24) is 4.57 Å². The van der Waals surface area contributed by atoms with Crippen molar-refractivity contribution in [3.63, 3.8) is 0 Å². The predicted molar refractivity (Wildman–Crippen MR) is 85.0 cm³/mol. The van der Waals surface area contributed by atoms with Crippen LogP contribution in [0.25, 0.3) is 22.7 Å². The Bertz CT molecular complexity index is 810. The fourth-order valence-corrected chi connectivity index (χ4v) is 3.11. The first-order valence-corrected chi connectivity index (χ1v) is 6.99. The van der Waals surface area contributed by atoms with Crippen molar-refractivity contribution in [3.05, 3.63) is 65.9 Å². The lowest BCUT2D eigenvalue weighted by Crippen LogP contribution is -1.99. The number of allylic oxidation sites excluding steroid dienone is 1. The lowest BCUT2D eigenvalue weighted by Gasteiger charge is -2.11. The Morgan fingerprint density at radius 1 is 1.00 bits per heavy atom. The molecule has 0 aliphatic heterocycles. The number of nitrogen functional groups attached to an aromatic ring is 1. The van der Waals surface area contributed by atoms with E-state index in [-0.39, 0.29) is 0 Å². The van der Waals surface area contributed by atoms with Gasteiger partial charge in [0.15, 0.2) is 0 Å². The summed E-state index contributed by atoms with van der Waals surface area (Å²) in [7, 11) is 0. The number of benzene rings is 2. The van der Waals surface area contributed by atoms with Gasteiger partial charge in [0.25, 0.3) is 0 Å². The second-order valence-electron chi connectivity index (χ2n) is 5.25. The molecule has 1 aromatic heterocycles. The highest BCUT2D eigenvalue weighted by Gasteiger charge is 2.18. The van der Waals surface area contributed by atoms with Crippen LogP contribution in [0.4, 0.5) is 5.69 Å². The molecule has 0 saturated carbocycles. The summed E-state index contributed by atoms with van der Waals surface area (Å²) in [6.07, 6.45) is 6.69. The standard InChI is InChI=1S/C18H16N2/c19-13-10-11-18-16(12-13)15-8-4-5-9-17(15)20(18)14-6-2-1-3-7-14/h1-3,5-7,9-12H,4,8,19H2. The van der Waals surface area contributed by atoms with Gasteiger partial charge < -0.3 is 10.3 Å². The van der Waals surface area contributed by atoms with Crippen LogP contribution in [0.15, 0.2) is 54.6 Å². The summed E-state index contributed by atoms with van der Waals surface area (Å²) in [5, 5.41) is 1.29. The molecule has 0 radical (unpaired) electrons. The summed E-state index contributed by atoms with van der Waals surface area (Å²) in [4.78, 5) is 0. The minimum atomic E-state index is 0.833. The molecule has 1 aliphatic rings. The van der Waals surface area contributed by atoms with E-state index in [2.05, 4.69) is 59.2 Å². The molecule has 1 heterocycles. The van der Waals surface area contributed by atoms with E-state index in [4.69, 9.17) is 5.73 Å². The van der Waals surface area contributed by atoms with Crippen LogP contribution in [0.3, 0.4) is 0 Å². The van der Waals surface area contributed by atoms with E-state index in [1.807, 2.05) is 6.07 Å². The Morgan fingerprint density at radius 3 is 2.70 bits per heavy atom. The maximum absolute atomic E-state index is 5.98. The zero-order valence-corrected chi connectivity index (χ0v) is 11.2. The van der Waals surface area contributed by atoms with Crippen molar-refractivity contribution < 1.29 is 0 Å². The van der Waals surface area contributed by atoms with Crippen molar-refractivity contribution in [2.45, 2.75) is 12.8 Å². The van der Waals surface area contributed by atoms with Gasteiger partial charge in [-0.3, -0.25) is 0 Å². The summed E-state index contributed by atoms with van der Waals surface area (Å²) in [5.41, 5.74) is 12.0. The average molecular weight is 260 g/mol. The number of nitrogens with zero attached hydrogens (tertiary/aromatic N) is 1.